The number of carboxylic acid groups (broad SMARTS) is 6. The number of rotatable bonds is 9. The SMILES string of the molecule is O=C(O)C(C(=O)O)C(C(=O)O)C(=O)O.O=C(O)C(O)C(O)(OO)C(=O)O. The summed E-state index contributed by atoms with van der Waals surface area (Å²) in [7, 11) is 0. The van der Waals surface area contributed by atoms with Gasteiger partial charge in [0.15, 0.2) is 11.8 Å². The molecule has 148 valence electrons. The van der Waals surface area contributed by atoms with Crippen LogP contribution in [0.3, 0.4) is 0 Å². The van der Waals surface area contributed by atoms with E-state index in [4.69, 9.17) is 46.1 Å². The summed E-state index contributed by atoms with van der Waals surface area (Å²) in [5.74, 6) is -20.8. The van der Waals surface area contributed by atoms with Crippen LogP contribution in [0.2, 0.25) is 0 Å². The van der Waals surface area contributed by atoms with Gasteiger partial charge < -0.3 is 40.9 Å². The fourth-order valence-electron chi connectivity index (χ4n) is 1.15. The molecule has 0 rings (SSSR count). The minimum absolute atomic E-state index is 2.01. The smallest absolute Gasteiger partial charge is 0.370 e. The first-order chi connectivity index (χ1) is 11.6. The highest BCUT2D eigenvalue weighted by Gasteiger charge is 2.50. The van der Waals surface area contributed by atoms with Crippen LogP contribution in [0.5, 0.6) is 0 Å². The van der Waals surface area contributed by atoms with Gasteiger partial charge in [-0.1, -0.05) is 0 Å². The highest BCUT2D eigenvalue weighted by Crippen LogP contribution is 2.14. The molecule has 0 aliphatic heterocycles. The Morgan fingerprint density at radius 2 is 0.923 bits per heavy atom. The van der Waals surface area contributed by atoms with E-state index in [1.54, 1.807) is 0 Å². The van der Waals surface area contributed by atoms with Crippen molar-refractivity contribution in [3.63, 3.8) is 0 Å². The zero-order chi connectivity index (χ0) is 21.4. The van der Waals surface area contributed by atoms with Gasteiger partial charge in [-0.15, -0.1) is 0 Å². The van der Waals surface area contributed by atoms with E-state index in [0.29, 0.717) is 0 Å². The van der Waals surface area contributed by atoms with Crippen LogP contribution < -0.4 is 0 Å². The highest BCUT2D eigenvalue weighted by atomic mass is 17.1. The molecule has 0 saturated heterocycles. The molecule has 0 aromatic rings. The second-order valence-electron chi connectivity index (χ2n) is 4.14. The third-order valence-electron chi connectivity index (χ3n) is 2.45. The molecule has 26 heavy (non-hydrogen) atoms. The van der Waals surface area contributed by atoms with Gasteiger partial charge in [0.1, 0.15) is 0 Å². The molecule has 0 aliphatic rings. The lowest BCUT2D eigenvalue weighted by Crippen LogP contribution is -2.54. The summed E-state index contributed by atoms with van der Waals surface area (Å²) in [6.07, 6.45) is -2.78. The minimum Gasteiger partial charge on any atom is -0.481 e. The van der Waals surface area contributed by atoms with E-state index in [9.17, 15) is 28.8 Å². The van der Waals surface area contributed by atoms with Crippen LogP contribution in [-0.2, 0) is 33.7 Å². The van der Waals surface area contributed by atoms with Crippen molar-refractivity contribution in [3.8, 4) is 0 Å². The van der Waals surface area contributed by atoms with E-state index in [0.717, 1.165) is 0 Å². The number of carbonyl (C=O) groups is 6. The fourth-order valence-corrected chi connectivity index (χ4v) is 1.15. The van der Waals surface area contributed by atoms with Crippen molar-refractivity contribution in [2.75, 3.05) is 0 Å². The third-order valence-corrected chi connectivity index (χ3v) is 2.45. The molecule has 0 aliphatic carbocycles. The van der Waals surface area contributed by atoms with Crippen LogP contribution in [0.25, 0.3) is 0 Å². The summed E-state index contributed by atoms with van der Waals surface area (Å²) in [5, 5.41) is 74.3. The molecule has 0 bridgehead atoms. The van der Waals surface area contributed by atoms with Crippen molar-refractivity contribution in [2.45, 2.75) is 11.9 Å². The summed E-state index contributed by atoms with van der Waals surface area (Å²) < 4.78 is 0. The molecule has 9 N–H and O–H groups in total. The van der Waals surface area contributed by atoms with E-state index in [1.807, 2.05) is 0 Å². The Balaban J connectivity index is 0. The van der Waals surface area contributed by atoms with Gasteiger partial charge in [-0.2, -0.15) is 4.89 Å². The summed E-state index contributed by atoms with van der Waals surface area (Å²) >= 11 is 0. The maximum Gasteiger partial charge on any atom is 0.370 e. The predicted octanol–water partition coefficient (Wildman–Crippen LogP) is -3.75. The molecule has 2 atom stereocenters. The number of aliphatic hydroxyl groups excluding tert-OH is 1. The molecular weight excluding hydrogens is 376 g/mol. The van der Waals surface area contributed by atoms with Crippen molar-refractivity contribution < 1.29 is 79.8 Å². The number of hydrogen-bond acceptors (Lipinski definition) is 10. The Kier molecular flexibility index (Phi) is 9.42. The summed E-state index contributed by atoms with van der Waals surface area (Å²) in [4.78, 5) is 64.1. The Morgan fingerprint density at radius 3 is 1.00 bits per heavy atom. The number of aliphatic hydroxyl groups is 2. The van der Waals surface area contributed by atoms with Gasteiger partial charge in [0.05, 0.1) is 0 Å². The topological polar surface area (TPSA) is 294 Å². The standard InChI is InChI=1S/C6H6O8.C4H6O8/c7-3(8)1(4(9)10)2(5(11)12)6(13)14;5-1(2(6)7)4(10,12-11)3(8)9/h1-2H,(H,7,8)(H,9,10)(H,11,12)(H,13,14);1,5,10-11H,(H,6,7)(H,8,9). The molecule has 0 saturated carbocycles. The van der Waals surface area contributed by atoms with Crippen LogP contribution in [-0.4, -0.2) is 93.8 Å². The van der Waals surface area contributed by atoms with Gasteiger partial charge >= 0.3 is 41.6 Å². The molecule has 0 fully saturated rings. The number of aliphatic carboxylic acids is 6. The molecule has 0 heterocycles. The van der Waals surface area contributed by atoms with Gasteiger partial charge in [0, 0.05) is 0 Å². The van der Waals surface area contributed by atoms with Crippen LogP contribution in [0, 0.1) is 11.8 Å². The second-order valence-corrected chi connectivity index (χ2v) is 4.14. The first kappa shape index (κ1) is 24.9. The zero-order valence-corrected chi connectivity index (χ0v) is 12.1. The Morgan fingerprint density at radius 1 is 0.654 bits per heavy atom. The van der Waals surface area contributed by atoms with Crippen LogP contribution in [0.1, 0.15) is 0 Å². The number of carboxylic acids is 6. The highest BCUT2D eigenvalue weighted by molar-refractivity contribution is 6.05. The third kappa shape index (κ3) is 6.28. The maximum absolute atomic E-state index is 10.3. The molecule has 2 unspecified atom stereocenters. The van der Waals surface area contributed by atoms with Crippen molar-refractivity contribution in [1.82, 2.24) is 0 Å². The maximum atomic E-state index is 10.3. The lowest BCUT2D eigenvalue weighted by molar-refractivity contribution is -0.396. The molecule has 0 radical (unpaired) electrons. The van der Waals surface area contributed by atoms with Crippen molar-refractivity contribution in [3.05, 3.63) is 0 Å². The average Bonchev–Trinajstić information content (AvgIpc) is 2.49. The van der Waals surface area contributed by atoms with Gasteiger partial charge in [-0.3, -0.25) is 19.2 Å². The molecule has 16 nitrogen and oxygen atoms in total. The van der Waals surface area contributed by atoms with Crippen LogP contribution in [0.4, 0.5) is 0 Å². The molecule has 0 aromatic carbocycles. The average molecular weight is 388 g/mol. The lowest BCUT2D eigenvalue weighted by Gasteiger charge is -2.21. The van der Waals surface area contributed by atoms with Crippen LogP contribution in [0.15, 0.2) is 0 Å². The summed E-state index contributed by atoms with van der Waals surface area (Å²) in [6, 6.07) is 0. The minimum atomic E-state index is -3.55. The van der Waals surface area contributed by atoms with E-state index in [1.165, 1.54) is 0 Å². The lowest BCUT2D eigenvalue weighted by atomic mass is 9.93. The van der Waals surface area contributed by atoms with E-state index >= 15 is 0 Å². The molecular formula is C10H12O16. The fraction of sp³-hybridized carbons (Fsp3) is 0.400. The monoisotopic (exact) mass is 388 g/mol. The molecule has 0 amide bonds. The Labute approximate surface area is 140 Å². The Bertz CT molecular complexity index is 536. The normalized spacial score (nSPS) is 13.7. The van der Waals surface area contributed by atoms with E-state index < -0.39 is 59.5 Å². The molecule has 0 spiro atoms. The quantitative estimate of drug-likeness (QED) is 0.0792. The van der Waals surface area contributed by atoms with Gasteiger partial charge in [-0.05, 0) is 0 Å². The largest absolute Gasteiger partial charge is 0.481 e. The molecule has 0 aromatic heterocycles. The second kappa shape index (κ2) is 9.84. The van der Waals surface area contributed by atoms with Crippen molar-refractivity contribution in [1.29, 1.82) is 0 Å². The summed E-state index contributed by atoms with van der Waals surface area (Å²) in [6.45, 7) is 0. The van der Waals surface area contributed by atoms with Crippen molar-refractivity contribution in [2.24, 2.45) is 11.8 Å². The van der Waals surface area contributed by atoms with Gasteiger partial charge in [0.25, 0.3) is 0 Å². The predicted molar refractivity (Wildman–Crippen MR) is 67.5 cm³/mol. The van der Waals surface area contributed by atoms with E-state index in [-0.39, 0.29) is 0 Å². The molecule has 16 heteroatoms. The van der Waals surface area contributed by atoms with Crippen LogP contribution >= 0.6 is 0 Å². The number of hydrogen-bond donors (Lipinski definition) is 9. The van der Waals surface area contributed by atoms with Crippen molar-refractivity contribution >= 4 is 35.8 Å². The first-order valence-corrected chi connectivity index (χ1v) is 5.75. The van der Waals surface area contributed by atoms with Gasteiger partial charge in [0.2, 0.25) is 6.10 Å². The van der Waals surface area contributed by atoms with Gasteiger partial charge in [-0.25, -0.2) is 14.8 Å². The van der Waals surface area contributed by atoms with E-state index in [2.05, 4.69) is 4.89 Å². The summed E-state index contributed by atoms with van der Waals surface area (Å²) in [5.41, 5.74) is 0. The zero-order valence-electron chi connectivity index (χ0n) is 12.1. The first-order valence-electron chi connectivity index (χ1n) is 5.75. The Hall–Kier alpha value is -3.34.